The third-order valence-corrected chi connectivity index (χ3v) is 3.78. The van der Waals surface area contributed by atoms with Gasteiger partial charge in [0, 0.05) is 18.8 Å². The SMILES string of the molecule is CC(C)(C)c1cccc(C=O)c1OCC1CCOCC1. The van der Waals surface area contributed by atoms with Crippen molar-refractivity contribution in [2.24, 2.45) is 5.92 Å². The summed E-state index contributed by atoms with van der Waals surface area (Å²) in [5.74, 6) is 1.28. The summed E-state index contributed by atoms with van der Waals surface area (Å²) in [6, 6.07) is 5.79. The van der Waals surface area contributed by atoms with E-state index in [4.69, 9.17) is 9.47 Å². The summed E-state index contributed by atoms with van der Waals surface area (Å²) >= 11 is 0. The van der Waals surface area contributed by atoms with Crippen LogP contribution in [0.4, 0.5) is 0 Å². The van der Waals surface area contributed by atoms with Crippen molar-refractivity contribution in [3.63, 3.8) is 0 Å². The first-order valence-electron chi connectivity index (χ1n) is 7.31. The van der Waals surface area contributed by atoms with Crippen LogP contribution in [-0.2, 0) is 10.2 Å². The highest BCUT2D eigenvalue weighted by molar-refractivity contribution is 5.80. The minimum absolute atomic E-state index is 0.0377. The van der Waals surface area contributed by atoms with E-state index in [1.165, 1.54) is 0 Å². The average molecular weight is 276 g/mol. The maximum Gasteiger partial charge on any atom is 0.153 e. The van der Waals surface area contributed by atoms with Crippen LogP contribution in [0.5, 0.6) is 5.75 Å². The Morgan fingerprint density at radius 1 is 1.30 bits per heavy atom. The van der Waals surface area contributed by atoms with Gasteiger partial charge in [0.25, 0.3) is 0 Å². The van der Waals surface area contributed by atoms with E-state index in [2.05, 4.69) is 20.8 Å². The van der Waals surface area contributed by atoms with Gasteiger partial charge in [0.1, 0.15) is 5.75 Å². The first kappa shape index (κ1) is 15.0. The van der Waals surface area contributed by atoms with Crippen LogP contribution in [0.25, 0.3) is 0 Å². The van der Waals surface area contributed by atoms with Gasteiger partial charge in [-0.05, 0) is 30.2 Å². The summed E-state index contributed by atoms with van der Waals surface area (Å²) in [4.78, 5) is 11.3. The molecule has 0 atom stereocenters. The molecule has 1 aliphatic heterocycles. The second kappa shape index (κ2) is 6.40. The lowest BCUT2D eigenvalue weighted by atomic mass is 9.85. The predicted octanol–water partition coefficient (Wildman–Crippen LogP) is 3.60. The van der Waals surface area contributed by atoms with E-state index in [9.17, 15) is 4.79 Å². The van der Waals surface area contributed by atoms with Gasteiger partial charge in [0.05, 0.1) is 12.2 Å². The fourth-order valence-electron chi connectivity index (χ4n) is 2.51. The number of para-hydroxylation sites is 1. The average Bonchev–Trinajstić information content (AvgIpc) is 2.44. The van der Waals surface area contributed by atoms with E-state index in [1.54, 1.807) is 0 Å². The molecule has 0 spiro atoms. The van der Waals surface area contributed by atoms with Crippen molar-refractivity contribution < 1.29 is 14.3 Å². The zero-order valence-corrected chi connectivity index (χ0v) is 12.6. The summed E-state index contributed by atoms with van der Waals surface area (Å²) in [7, 11) is 0. The number of hydrogen-bond acceptors (Lipinski definition) is 3. The van der Waals surface area contributed by atoms with Gasteiger partial charge in [-0.1, -0.05) is 32.9 Å². The zero-order valence-electron chi connectivity index (χ0n) is 12.6. The van der Waals surface area contributed by atoms with Gasteiger partial charge in [0.15, 0.2) is 6.29 Å². The molecule has 3 nitrogen and oxygen atoms in total. The number of carbonyl (C=O) groups excluding carboxylic acids is 1. The van der Waals surface area contributed by atoms with E-state index in [0.717, 1.165) is 43.7 Å². The Morgan fingerprint density at radius 3 is 2.60 bits per heavy atom. The molecule has 0 radical (unpaired) electrons. The van der Waals surface area contributed by atoms with Crippen LogP contribution < -0.4 is 4.74 Å². The van der Waals surface area contributed by atoms with Crippen LogP contribution in [-0.4, -0.2) is 26.1 Å². The van der Waals surface area contributed by atoms with E-state index in [1.807, 2.05) is 18.2 Å². The highest BCUT2D eigenvalue weighted by Crippen LogP contribution is 2.34. The molecule has 0 aliphatic carbocycles. The minimum atomic E-state index is -0.0377. The van der Waals surface area contributed by atoms with E-state index in [-0.39, 0.29) is 5.41 Å². The smallest absolute Gasteiger partial charge is 0.153 e. The highest BCUT2D eigenvalue weighted by atomic mass is 16.5. The summed E-state index contributed by atoms with van der Waals surface area (Å²) in [6.45, 7) is 8.71. The summed E-state index contributed by atoms with van der Waals surface area (Å²) in [5.41, 5.74) is 1.70. The number of hydrogen-bond donors (Lipinski definition) is 0. The van der Waals surface area contributed by atoms with Gasteiger partial charge < -0.3 is 9.47 Å². The number of ether oxygens (including phenoxy) is 2. The predicted molar refractivity (Wildman–Crippen MR) is 79.6 cm³/mol. The van der Waals surface area contributed by atoms with Gasteiger partial charge in [-0.25, -0.2) is 0 Å². The molecule has 0 amide bonds. The first-order chi connectivity index (χ1) is 9.52. The third-order valence-electron chi connectivity index (χ3n) is 3.78. The number of rotatable bonds is 4. The quantitative estimate of drug-likeness (QED) is 0.788. The Kier molecular flexibility index (Phi) is 4.81. The largest absolute Gasteiger partial charge is 0.492 e. The van der Waals surface area contributed by atoms with Gasteiger partial charge in [-0.3, -0.25) is 4.79 Å². The van der Waals surface area contributed by atoms with Crippen molar-refractivity contribution in [2.75, 3.05) is 19.8 Å². The van der Waals surface area contributed by atoms with Crippen LogP contribution in [0.3, 0.4) is 0 Å². The molecule has 0 bridgehead atoms. The molecule has 0 aromatic heterocycles. The molecular formula is C17H24O3. The lowest BCUT2D eigenvalue weighted by Crippen LogP contribution is -2.23. The Labute approximate surface area is 121 Å². The summed E-state index contributed by atoms with van der Waals surface area (Å²) in [5, 5.41) is 0. The van der Waals surface area contributed by atoms with Crippen molar-refractivity contribution in [3.05, 3.63) is 29.3 Å². The topological polar surface area (TPSA) is 35.5 Å². The zero-order chi connectivity index (χ0) is 14.6. The molecule has 3 heteroatoms. The molecule has 0 unspecified atom stereocenters. The number of aldehydes is 1. The molecule has 1 saturated heterocycles. The first-order valence-corrected chi connectivity index (χ1v) is 7.31. The Morgan fingerprint density at radius 2 is 2.00 bits per heavy atom. The third kappa shape index (κ3) is 3.60. The Balaban J connectivity index is 2.17. The second-order valence-electron chi connectivity index (χ2n) is 6.46. The van der Waals surface area contributed by atoms with Gasteiger partial charge in [-0.15, -0.1) is 0 Å². The van der Waals surface area contributed by atoms with E-state index < -0.39 is 0 Å². The van der Waals surface area contributed by atoms with Gasteiger partial charge in [0.2, 0.25) is 0 Å². The molecule has 0 saturated carbocycles. The highest BCUT2D eigenvalue weighted by Gasteiger charge is 2.22. The fraction of sp³-hybridized carbons (Fsp3) is 0.588. The number of benzene rings is 1. The lowest BCUT2D eigenvalue weighted by Gasteiger charge is -2.26. The molecule has 20 heavy (non-hydrogen) atoms. The monoisotopic (exact) mass is 276 g/mol. The molecule has 1 aliphatic rings. The van der Waals surface area contributed by atoms with Crippen molar-refractivity contribution in [3.8, 4) is 5.75 Å². The molecule has 2 rings (SSSR count). The molecule has 110 valence electrons. The minimum Gasteiger partial charge on any atom is -0.492 e. The van der Waals surface area contributed by atoms with Crippen LogP contribution in [0.2, 0.25) is 0 Å². The van der Waals surface area contributed by atoms with Crippen LogP contribution in [0.15, 0.2) is 18.2 Å². The second-order valence-corrected chi connectivity index (χ2v) is 6.46. The maximum absolute atomic E-state index is 11.3. The summed E-state index contributed by atoms with van der Waals surface area (Å²) in [6.07, 6.45) is 2.96. The van der Waals surface area contributed by atoms with Crippen LogP contribution in [0, 0.1) is 5.92 Å². The van der Waals surface area contributed by atoms with Crippen LogP contribution in [0.1, 0.15) is 49.5 Å². The normalized spacial score (nSPS) is 16.9. The fourth-order valence-corrected chi connectivity index (χ4v) is 2.51. The molecular weight excluding hydrogens is 252 g/mol. The Bertz CT molecular complexity index is 454. The number of carbonyl (C=O) groups is 1. The summed E-state index contributed by atoms with van der Waals surface area (Å²) < 4.78 is 11.4. The van der Waals surface area contributed by atoms with E-state index >= 15 is 0 Å². The molecule has 1 aromatic carbocycles. The lowest BCUT2D eigenvalue weighted by molar-refractivity contribution is 0.0493. The van der Waals surface area contributed by atoms with Crippen molar-refractivity contribution in [2.45, 2.75) is 39.0 Å². The standard InChI is InChI=1S/C17H24O3/c1-17(2,3)15-6-4-5-14(11-18)16(15)20-12-13-7-9-19-10-8-13/h4-6,11,13H,7-10,12H2,1-3H3. The van der Waals surface area contributed by atoms with Crippen molar-refractivity contribution in [1.82, 2.24) is 0 Å². The van der Waals surface area contributed by atoms with Crippen LogP contribution >= 0.6 is 0 Å². The molecule has 0 N–H and O–H groups in total. The van der Waals surface area contributed by atoms with Crippen molar-refractivity contribution >= 4 is 6.29 Å². The van der Waals surface area contributed by atoms with Gasteiger partial charge in [-0.2, -0.15) is 0 Å². The maximum atomic E-state index is 11.3. The Hall–Kier alpha value is -1.35. The van der Waals surface area contributed by atoms with Crippen molar-refractivity contribution in [1.29, 1.82) is 0 Å². The molecule has 1 fully saturated rings. The molecule has 1 heterocycles. The molecule has 1 aromatic rings. The van der Waals surface area contributed by atoms with E-state index in [0.29, 0.717) is 18.1 Å². The van der Waals surface area contributed by atoms with Gasteiger partial charge >= 0.3 is 0 Å².